The highest BCUT2D eigenvalue weighted by atomic mass is 79.9. The highest BCUT2D eigenvalue weighted by Crippen LogP contribution is 2.22. The molecule has 0 aromatic heterocycles. The molecule has 0 saturated heterocycles. The topological polar surface area (TPSA) is 58.6 Å². The second kappa shape index (κ2) is 11.7. The Bertz CT molecular complexity index is 869. The van der Waals surface area contributed by atoms with Crippen molar-refractivity contribution in [3.8, 4) is 5.75 Å². The van der Waals surface area contributed by atoms with E-state index in [1.54, 1.807) is 11.8 Å². The van der Waals surface area contributed by atoms with Gasteiger partial charge in [-0.2, -0.15) is 0 Å². The predicted octanol–water partition coefficient (Wildman–Crippen LogP) is 4.78. The normalized spacial score (nSPS) is 11.6. The van der Waals surface area contributed by atoms with Crippen molar-refractivity contribution < 1.29 is 14.3 Å². The van der Waals surface area contributed by atoms with Crippen LogP contribution in [0.2, 0.25) is 0 Å². The van der Waals surface area contributed by atoms with Crippen LogP contribution in [0.15, 0.2) is 46.9 Å². The zero-order valence-electron chi connectivity index (χ0n) is 18.2. The van der Waals surface area contributed by atoms with Crippen LogP contribution < -0.4 is 10.1 Å². The first kappa shape index (κ1) is 23.9. The lowest BCUT2D eigenvalue weighted by Gasteiger charge is -2.29. The molecule has 30 heavy (non-hydrogen) atoms. The minimum atomic E-state index is -0.592. The third-order valence-corrected chi connectivity index (χ3v) is 5.81. The fourth-order valence-corrected chi connectivity index (χ4v) is 3.31. The number of nitrogens with zero attached hydrogens (tertiary/aromatic N) is 1. The molecule has 2 rings (SSSR count). The number of benzene rings is 2. The van der Waals surface area contributed by atoms with E-state index in [-0.39, 0.29) is 18.4 Å². The number of rotatable bonds is 10. The van der Waals surface area contributed by atoms with Gasteiger partial charge in [-0.25, -0.2) is 0 Å². The molecule has 0 bridgehead atoms. The minimum absolute atomic E-state index is 0.126. The Kier molecular flexibility index (Phi) is 9.37. The van der Waals surface area contributed by atoms with Crippen molar-refractivity contribution in [1.82, 2.24) is 10.2 Å². The number of carbonyl (C=O) groups is 2. The minimum Gasteiger partial charge on any atom is -0.484 e. The Hall–Kier alpha value is -2.34. The first-order chi connectivity index (χ1) is 14.3. The molecule has 0 heterocycles. The van der Waals surface area contributed by atoms with E-state index < -0.39 is 6.04 Å². The molecule has 2 amide bonds. The lowest BCUT2D eigenvalue weighted by Crippen LogP contribution is -2.49. The summed E-state index contributed by atoms with van der Waals surface area (Å²) >= 11 is 3.46. The largest absolute Gasteiger partial charge is 0.484 e. The molecule has 6 heteroatoms. The summed E-state index contributed by atoms with van der Waals surface area (Å²) in [5.41, 5.74) is 3.12. The molecule has 1 unspecified atom stereocenters. The number of nitrogens with one attached hydrogen (secondary N) is 1. The van der Waals surface area contributed by atoms with Gasteiger partial charge in [0.1, 0.15) is 11.8 Å². The third kappa shape index (κ3) is 7.17. The van der Waals surface area contributed by atoms with Gasteiger partial charge in [0.25, 0.3) is 5.91 Å². The zero-order chi connectivity index (χ0) is 22.1. The summed E-state index contributed by atoms with van der Waals surface area (Å²) in [5, 5.41) is 2.92. The summed E-state index contributed by atoms with van der Waals surface area (Å²) in [7, 11) is 0. The summed E-state index contributed by atoms with van der Waals surface area (Å²) < 4.78 is 6.72. The Labute approximate surface area is 187 Å². The summed E-state index contributed by atoms with van der Waals surface area (Å²) in [5.74, 6) is 0.249. The van der Waals surface area contributed by atoms with Crippen LogP contribution in [0.25, 0.3) is 0 Å². The SMILES string of the molecule is CCCCNC(=O)C(C)N(Cc1cccc(C)c1)C(=O)COc1ccc(Br)c(C)c1. The first-order valence-corrected chi connectivity index (χ1v) is 11.1. The van der Waals surface area contributed by atoms with Crippen molar-refractivity contribution in [2.45, 2.75) is 53.1 Å². The molecule has 2 aromatic rings. The van der Waals surface area contributed by atoms with Gasteiger partial charge in [0.2, 0.25) is 5.91 Å². The van der Waals surface area contributed by atoms with Gasteiger partial charge in [-0.1, -0.05) is 59.1 Å². The van der Waals surface area contributed by atoms with Gasteiger partial charge in [0, 0.05) is 17.6 Å². The van der Waals surface area contributed by atoms with Crippen molar-refractivity contribution in [3.05, 3.63) is 63.6 Å². The number of ether oxygens (including phenoxy) is 1. The first-order valence-electron chi connectivity index (χ1n) is 10.3. The van der Waals surface area contributed by atoms with Gasteiger partial charge in [-0.3, -0.25) is 9.59 Å². The molecule has 2 aromatic carbocycles. The number of halogens is 1. The number of amides is 2. The average Bonchev–Trinajstić information content (AvgIpc) is 2.72. The number of unbranched alkanes of at least 4 members (excludes halogenated alkanes) is 1. The second-order valence-corrected chi connectivity index (χ2v) is 8.39. The zero-order valence-corrected chi connectivity index (χ0v) is 19.8. The summed E-state index contributed by atoms with van der Waals surface area (Å²) in [6.07, 6.45) is 1.91. The predicted molar refractivity (Wildman–Crippen MR) is 123 cm³/mol. The van der Waals surface area contributed by atoms with Gasteiger partial charge in [0.05, 0.1) is 0 Å². The van der Waals surface area contributed by atoms with Crippen LogP contribution in [0.4, 0.5) is 0 Å². The van der Waals surface area contributed by atoms with Crippen molar-refractivity contribution >= 4 is 27.7 Å². The van der Waals surface area contributed by atoms with Gasteiger partial charge in [-0.15, -0.1) is 0 Å². The average molecular weight is 475 g/mol. The molecular formula is C24H31BrN2O3. The van der Waals surface area contributed by atoms with Crippen LogP contribution >= 0.6 is 15.9 Å². The number of aryl methyl sites for hydroxylation is 2. The molecule has 0 aliphatic carbocycles. The molecule has 0 spiro atoms. The molecule has 1 N–H and O–H groups in total. The number of carbonyl (C=O) groups excluding carboxylic acids is 2. The van der Waals surface area contributed by atoms with E-state index in [0.29, 0.717) is 18.8 Å². The Morgan fingerprint density at radius 3 is 2.60 bits per heavy atom. The van der Waals surface area contributed by atoms with Crippen LogP contribution in [0.1, 0.15) is 43.4 Å². The van der Waals surface area contributed by atoms with Crippen LogP contribution in [0, 0.1) is 13.8 Å². The highest BCUT2D eigenvalue weighted by molar-refractivity contribution is 9.10. The van der Waals surface area contributed by atoms with Crippen molar-refractivity contribution in [2.24, 2.45) is 0 Å². The van der Waals surface area contributed by atoms with E-state index in [2.05, 4.69) is 28.2 Å². The maximum atomic E-state index is 13.0. The van der Waals surface area contributed by atoms with Crippen LogP contribution in [0.3, 0.4) is 0 Å². The monoisotopic (exact) mass is 474 g/mol. The van der Waals surface area contributed by atoms with E-state index >= 15 is 0 Å². The quantitative estimate of drug-likeness (QED) is 0.504. The number of hydrogen-bond donors (Lipinski definition) is 1. The summed E-state index contributed by atoms with van der Waals surface area (Å²) in [6, 6.07) is 13.0. The molecular weight excluding hydrogens is 444 g/mol. The van der Waals surface area contributed by atoms with Crippen LogP contribution in [-0.2, 0) is 16.1 Å². The Morgan fingerprint density at radius 2 is 1.93 bits per heavy atom. The van der Waals surface area contributed by atoms with Crippen molar-refractivity contribution in [1.29, 1.82) is 0 Å². The van der Waals surface area contributed by atoms with Gasteiger partial charge in [-0.05, 0) is 56.5 Å². The number of hydrogen-bond acceptors (Lipinski definition) is 3. The van der Waals surface area contributed by atoms with Crippen LogP contribution in [-0.4, -0.2) is 35.9 Å². The standard InChI is InChI=1S/C24H31BrN2O3/c1-5-6-12-26-24(29)19(4)27(15-20-9-7-8-17(2)13-20)23(28)16-30-21-10-11-22(25)18(3)14-21/h7-11,13-14,19H,5-6,12,15-16H2,1-4H3,(H,26,29). The summed E-state index contributed by atoms with van der Waals surface area (Å²) in [4.78, 5) is 27.3. The van der Waals surface area contributed by atoms with E-state index in [1.165, 1.54) is 0 Å². The molecule has 1 atom stereocenters. The van der Waals surface area contributed by atoms with Gasteiger partial charge in [0.15, 0.2) is 6.61 Å². The molecule has 0 saturated carbocycles. The molecule has 0 aliphatic heterocycles. The Morgan fingerprint density at radius 1 is 1.17 bits per heavy atom. The van der Waals surface area contributed by atoms with E-state index in [1.807, 2.05) is 56.3 Å². The Balaban J connectivity index is 2.12. The molecule has 0 aliphatic rings. The smallest absolute Gasteiger partial charge is 0.261 e. The highest BCUT2D eigenvalue weighted by Gasteiger charge is 2.26. The summed E-state index contributed by atoms with van der Waals surface area (Å²) in [6.45, 7) is 8.65. The molecule has 5 nitrogen and oxygen atoms in total. The molecule has 0 fully saturated rings. The molecule has 0 radical (unpaired) electrons. The van der Waals surface area contributed by atoms with Gasteiger partial charge < -0.3 is 15.0 Å². The van der Waals surface area contributed by atoms with Crippen molar-refractivity contribution in [3.63, 3.8) is 0 Å². The van der Waals surface area contributed by atoms with Gasteiger partial charge >= 0.3 is 0 Å². The fraction of sp³-hybridized carbons (Fsp3) is 0.417. The second-order valence-electron chi connectivity index (χ2n) is 7.53. The fourth-order valence-electron chi connectivity index (χ4n) is 3.06. The maximum Gasteiger partial charge on any atom is 0.261 e. The lowest BCUT2D eigenvalue weighted by atomic mass is 10.1. The molecule has 162 valence electrons. The van der Waals surface area contributed by atoms with Crippen LogP contribution in [0.5, 0.6) is 5.75 Å². The van der Waals surface area contributed by atoms with E-state index in [9.17, 15) is 9.59 Å². The maximum absolute atomic E-state index is 13.0. The lowest BCUT2D eigenvalue weighted by molar-refractivity contribution is -0.142. The third-order valence-electron chi connectivity index (χ3n) is 4.92. The van der Waals surface area contributed by atoms with Crippen molar-refractivity contribution in [2.75, 3.05) is 13.2 Å². The van der Waals surface area contributed by atoms with E-state index in [0.717, 1.165) is 34.0 Å². The van der Waals surface area contributed by atoms with E-state index in [4.69, 9.17) is 4.74 Å².